The van der Waals surface area contributed by atoms with Gasteiger partial charge in [0.1, 0.15) is 12.1 Å². The summed E-state index contributed by atoms with van der Waals surface area (Å²) in [5.74, 6) is -2.29. The summed E-state index contributed by atoms with van der Waals surface area (Å²) in [4.78, 5) is 66.5. The van der Waals surface area contributed by atoms with Crippen molar-refractivity contribution in [3.63, 3.8) is 0 Å². The van der Waals surface area contributed by atoms with Crippen LogP contribution >= 0.6 is 0 Å². The summed E-state index contributed by atoms with van der Waals surface area (Å²) in [6.07, 6.45) is 7.68. The Morgan fingerprint density at radius 1 is 0.921 bits per heavy atom. The summed E-state index contributed by atoms with van der Waals surface area (Å²) >= 11 is 0. The topological polar surface area (TPSA) is 151 Å². The number of urea groups is 1. The van der Waals surface area contributed by atoms with Crippen LogP contribution in [0, 0.1) is 23.7 Å². The van der Waals surface area contributed by atoms with Crippen molar-refractivity contribution in [1.82, 2.24) is 20.9 Å². The first-order valence-corrected chi connectivity index (χ1v) is 14.3. The molecule has 10 nitrogen and oxygen atoms in total. The first kappa shape index (κ1) is 29.9. The molecule has 1 saturated heterocycles. The maximum absolute atomic E-state index is 14.1. The van der Waals surface area contributed by atoms with Crippen molar-refractivity contribution in [3.05, 3.63) is 0 Å². The molecule has 0 bridgehead atoms. The normalized spacial score (nSPS) is 24.0. The van der Waals surface area contributed by atoms with Gasteiger partial charge in [-0.25, -0.2) is 4.79 Å². The average Bonchev–Trinajstić information content (AvgIpc) is 3.53. The van der Waals surface area contributed by atoms with Crippen LogP contribution in [0.1, 0.15) is 92.4 Å². The van der Waals surface area contributed by atoms with Crippen LogP contribution in [0.25, 0.3) is 0 Å². The lowest BCUT2D eigenvalue weighted by atomic mass is 9.83. The van der Waals surface area contributed by atoms with Gasteiger partial charge in [-0.15, -0.1) is 0 Å². The van der Waals surface area contributed by atoms with E-state index in [0.717, 1.165) is 44.9 Å². The molecule has 5 amide bonds. The van der Waals surface area contributed by atoms with Gasteiger partial charge in [0.2, 0.25) is 17.6 Å². The minimum Gasteiger partial charge on any atom is -0.363 e. The highest BCUT2D eigenvalue weighted by atomic mass is 16.2. The Morgan fingerprint density at radius 3 is 2.08 bits per heavy atom. The van der Waals surface area contributed by atoms with Gasteiger partial charge in [-0.05, 0) is 70.1 Å². The Bertz CT molecular complexity index is 904. The molecule has 5 N–H and O–H groups in total. The summed E-state index contributed by atoms with van der Waals surface area (Å²) in [5.41, 5.74) is 4.81. The largest absolute Gasteiger partial charge is 0.363 e. The van der Waals surface area contributed by atoms with E-state index >= 15 is 0 Å². The number of ketones is 1. The van der Waals surface area contributed by atoms with Crippen LogP contribution in [0.2, 0.25) is 0 Å². The van der Waals surface area contributed by atoms with Crippen LogP contribution in [-0.2, 0) is 19.2 Å². The molecule has 3 aliphatic rings. The van der Waals surface area contributed by atoms with Gasteiger partial charge >= 0.3 is 6.03 Å². The number of carbonyl (C=O) groups is 5. The van der Waals surface area contributed by atoms with E-state index < -0.39 is 47.3 Å². The number of primary amides is 1. The van der Waals surface area contributed by atoms with Gasteiger partial charge in [-0.1, -0.05) is 46.0 Å². The Balaban J connectivity index is 1.84. The predicted octanol–water partition coefficient (Wildman–Crippen LogP) is 2.25. The number of carbonyl (C=O) groups excluding carboxylic acids is 5. The highest BCUT2D eigenvalue weighted by Gasteiger charge is 2.47. The summed E-state index contributed by atoms with van der Waals surface area (Å²) in [7, 11) is 0. The molecule has 1 heterocycles. The molecule has 3 rings (SSSR count). The molecule has 214 valence electrons. The zero-order valence-electron chi connectivity index (χ0n) is 23.7. The van der Waals surface area contributed by atoms with Crippen molar-refractivity contribution >= 4 is 29.5 Å². The van der Waals surface area contributed by atoms with Crippen LogP contribution in [0.15, 0.2) is 0 Å². The molecule has 38 heavy (non-hydrogen) atoms. The van der Waals surface area contributed by atoms with E-state index in [-0.39, 0.29) is 29.6 Å². The van der Waals surface area contributed by atoms with Gasteiger partial charge in [0, 0.05) is 12.1 Å². The second-order valence-electron chi connectivity index (χ2n) is 12.9. The number of hydrogen-bond donors (Lipinski definition) is 4. The number of amides is 5. The van der Waals surface area contributed by atoms with Gasteiger partial charge in [0.05, 0.1) is 6.04 Å². The second-order valence-corrected chi connectivity index (χ2v) is 12.9. The number of nitrogens with two attached hydrogens (primary N) is 1. The van der Waals surface area contributed by atoms with Crippen molar-refractivity contribution in [3.8, 4) is 0 Å². The molecule has 3 fully saturated rings. The highest BCUT2D eigenvalue weighted by Crippen LogP contribution is 2.36. The van der Waals surface area contributed by atoms with Crippen molar-refractivity contribution in [2.24, 2.45) is 29.4 Å². The number of likely N-dealkylation sites (tertiary alicyclic amines) is 1. The van der Waals surface area contributed by atoms with Crippen molar-refractivity contribution in [2.75, 3.05) is 6.54 Å². The molecule has 0 aromatic heterocycles. The summed E-state index contributed by atoms with van der Waals surface area (Å²) in [5, 5.41) is 8.62. The number of hydrogen-bond acceptors (Lipinski definition) is 5. The number of nitrogens with one attached hydrogen (secondary N) is 3. The summed E-state index contributed by atoms with van der Waals surface area (Å²) < 4.78 is 0. The third-order valence-corrected chi connectivity index (χ3v) is 8.16. The lowest BCUT2D eigenvalue weighted by Gasteiger charge is -2.36. The molecule has 1 unspecified atom stereocenters. The fourth-order valence-corrected chi connectivity index (χ4v) is 5.99. The average molecular weight is 534 g/mol. The molecule has 0 aromatic carbocycles. The van der Waals surface area contributed by atoms with Crippen molar-refractivity contribution in [1.29, 1.82) is 0 Å². The van der Waals surface area contributed by atoms with E-state index in [9.17, 15) is 24.0 Å². The lowest BCUT2D eigenvalue weighted by Crippen LogP contribution is -2.60. The molecule has 2 aliphatic carbocycles. The molecule has 2 saturated carbocycles. The maximum atomic E-state index is 14.1. The first-order chi connectivity index (χ1) is 17.8. The molecular weight excluding hydrogens is 486 g/mol. The van der Waals surface area contributed by atoms with Crippen LogP contribution in [0.4, 0.5) is 4.79 Å². The zero-order chi connectivity index (χ0) is 28.2. The fourth-order valence-electron chi connectivity index (χ4n) is 5.99. The predicted molar refractivity (Wildman–Crippen MR) is 144 cm³/mol. The van der Waals surface area contributed by atoms with Crippen LogP contribution in [-0.4, -0.2) is 64.6 Å². The Labute approximate surface area is 226 Å². The van der Waals surface area contributed by atoms with E-state index in [1.807, 2.05) is 34.6 Å². The Kier molecular flexibility index (Phi) is 9.81. The van der Waals surface area contributed by atoms with Gasteiger partial charge in [0.15, 0.2) is 0 Å². The van der Waals surface area contributed by atoms with Gasteiger partial charge in [-0.3, -0.25) is 19.2 Å². The quantitative estimate of drug-likeness (QED) is 0.318. The summed E-state index contributed by atoms with van der Waals surface area (Å²) in [6.45, 7) is 10.1. The van der Waals surface area contributed by atoms with E-state index in [1.54, 1.807) is 4.90 Å². The second kappa shape index (κ2) is 12.5. The molecule has 0 spiro atoms. The molecule has 1 aliphatic heterocycles. The number of rotatable bonds is 10. The third kappa shape index (κ3) is 7.93. The Morgan fingerprint density at radius 2 is 1.55 bits per heavy atom. The highest BCUT2D eigenvalue weighted by molar-refractivity contribution is 6.37. The van der Waals surface area contributed by atoms with Crippen LogP contribution in [0.3, 0.4) is 0 Å². The van der Waals surface area contributed by atoms with E-state index in [0.29, 0.717) is 19.4 Å². The van der Waals surface area contributed by atoms with E-state index in [2.05, 4.69) is 16.0 Å². The van der Waals surface area contributed by atoms with Crippen LogP contribution < -0.4 is 21.7 Å². The van der Waals surface area contributed by atoms with Crippen molar-refractivity contribution in [2.45, 2.75) is 116 Å². The van der Waals surface area contributed by atoms with Crippen LogP contribution in [0.5, 0.6) is 0 Å². The maximum Gasteiger partial charge on any atom is 0.315 e. The molecule has 0 aromatic rings. The number of Topliss-reactive ketones (excluding diaryl/α,β-unsaturated/α-hetero) is 1. The molecular formula is C28H47N5O5. The Hall–Kier alpha value is -2.65. The molecule has 10 heteroatoms. The molecule has 4 atom stereocenters. The van der Waals surface area contributed by atoms with Gasteiger partial charge < -0.3 is 26.6 Å². The smallest absolute Gasteiger partial charge is 0.315 e. The zero-order valence-corrected chi connectivity index (χ0v) is 23.7. The monoisotopic (exact) mass is 533 g/mol. The summed E-state index contributed by atoms with van der Waals surface area (Å²) in [6, 6.07) is -2.92. The third-order valence-electron chi connectivity index (χ3n) is 8.16. The fraction of sp³-hybridized carbons (Fsp3) is 0.821. The van der Waals surface area contributed by atoms with Gasteiger partial charge in [-0.2, -0.15) is 0 Å². The number of nitrogens with zero attached hydrogens (tertiary/aromatic N) is 1. The first-order valence-electron chi connectivity index (χ1n) is 14.3. The SMILES string of the molecule is CC(C)[C@H]1CCN(C(=O)[C@@H](NC(=O)NC(C)(C)C)C2CCCCC2)[C@@H]1C(=O)NC(CC1CC1)C(=O)C(N)=O. The van der Waals surface area contributed by atoms with Gasteiger partial charge in [0.25, 0.3) is 5.91 Å². The van der Waals surface area contributed by atoms with E-state index in [1.165, 1.54) is 0 Å². The standard InChI is InChI=1S/C28H47N5O5/c1-16(2)19-13-14-33(22(19)25(36)30-20(15-17-11-12-17)23(34)24(29)35)26(37)21(18-9-7-6-8-10-18)31-27(38)32-28(3,4)5/h16-22H,6-15H2,1-5H3,(H2,29,35)(H,30,36)(H2,31,32,38)/t19-,20?,21+,22+/m1/s1. The minimum absolute atomic E-state index is 0.0113. The van der Waals surface area contributed by atoms with E-state index in [4.69, 9.17) is 5.73 Å². The molecule has 0 radical (unpaired) electrons. The lowest BCUT2D eigenvalue weighted by molar-refractivity contribution is -0.144. The minimum atomic E-state index is -1.07. The van der Waals surface area contributed by atoms with Crippen molar-refractivity contribution < 1.29 is 24.0 Å².